The average molecular weight is 176 g/mol. The number of carbonyl (C=O) groups is 1. The quantitative estimate of drug-likeness (QED) is 0.393. The van der Waals surface area contributed by atoms with Crippen LogP contribution in [0.2, 0.25) is 0 Å². The molecule has 0 heterocycles. The molecule has 0 N–H and O–H groups in total. The van der Waals surface area contributed by atoms with E-state index < -0.39 is 0 Å². The van der Waals surface area contributed by atoms with Crippen molar-refractivity contribution in [1.82, 2.24) is 0 Å². The third-order valence-electron chi connectivity index (χ3n) is 1.61. The summed E-state index contributed by atoms with van der Waals surface area (Å²) in [6.45, 7) is 3.68. The van der Waals surface area contributed by atoms with Crippen LogP contribution in [0.15, 0.2) is 36.4 Å². The summed E-state index contributed by atoms with van der Waals surface area (Å²) in [5, 5.41) is 0. The van der Waals surface area contributed by atoms with Gasteiger partial charge in [0.15, 0.2) is 0 Å². The molecule has 0 amide bonds. The summed E-state index contributed by atoms with van der Waals surface area (Å²) < 4.78 is 5.06. The molecule has 1 aromatic rings. The van der Waals surface area contributed by atoms with Crippen molar-refractivity contribution in [2.24, 2.45) is 0 Å². The van der Waals surface area contributed by atoms with Gasteiger partial charge in [-0.1, -0.05) is 24.3 Å². The Balaban J connectivity index is 2.74. The van der Waals surface area contributed by atoms with E-state index in [-0.39, 0.29) is 5.97 Å². The van der Waals surface area contributed by atoms with Crippen LogP contribution in [0.5, 0.6) is 5.75 Å². The van der Waals surface area contributed by atoms with Gasteiger partial charge in [-0.25, -0.2) is 4.79 Å². The van der Waals surface area contributed by atoms with E-state index in [9.17, 15) is 4.79 Å². The molecule has 2 nitrogen and oxygen atoms in total. The highest BCUT2D eigenvalue weighted by Gasteiger charge is 2.01. The van der Waals surface area contributed by atoms with Crippen LogP contribution in [0.3, 0.4) is 0 Å². The Morgan fingerprint density at radius 2 is 2.08 bits per heavy atom. The number of allylic oxidation sites excluding steroid dienone is 1. The van der Waals surface area contributed by atoms with Crippen molar-refractivity contribution in [2.75, 3.05) is 0 Å². The van der Waals surface area contributed by atoms with E-state index in [0.29, 0.717) is 5.75 Å². The first-order valence-electron chi connectivity index (χ1n) is 4.14. The SMILES string of the molecule is C/C=C\C(=O)Oc1ccccc1C. The molecule has 0 spiro atoms. The topological polar surface area (TPSA) is 26.3 Å². The molecule has 0 aliphatic carbocycles. The zero-order chi connectivity index (χ0) is 9.68. The van der Waals surface area contributed by atoms with Gasteiger partial charge in [0.2, 0.25) is 0 Å². The second kappa shape index (κ2) is 4.45. The summed E-state index contributed by atoms with van der Waals surface area (Å²) in [6.07, 6.45) is 3.05. The summed E-state index contributed by atoms with van der Waals surface area (Å²) in [5.74, 6) is 0.280. The lowest BCUT2D eigenvalue weighted by atomic mass is 10.2. The molecule has 0 saturated heterocycles. The minimum absolute atomic E-state index is 0.336. The molecule has 1 aromatic carbocycles. The molecule has 13 heavy (non-hydrogen) atoms. The van der Waals surface area contributed by atoms with Crippen molar-refractivity contribution in [3.8, 4) is 5.75 Å². The van der Waals surface area contributed by atoms with Gasteiger partial charge in [0.25, 0.3) is 0 Å². The third-order valence-corrected chi connectivity index (χ3v) is 1.61. The first-order chi connectivity index (χ1) is 6.24. The van der Waals surface area contributed by atoms with E-state index in [1.807, 2.05) is 25.1 Å². The number of esters is 1. The van der Waals surface area contributed by atoms with Gasteiger partial charge < -0.3 is 4.74 Å². The third kappa shape index (κ3) is 2.75. The minimum atomic E-state index is -0.336. The maximum Gasteiger partial charge on any atom is 0.335 e. The van der Waals surface area contributed by atoms with Crippen molar-refractivity contribution in [3.05, 3.63) is 42.0 Å². The second-order valence-corrected chi connectivity index (χ2v) is 2.69. The molecular formula is C11H12O2. The summed E-state index contributed by atoms with van der Waals surface area (Å²) in [6, 6.07) is 7.42. The van der Waals surface area contributed by atoms with E-state index in [2.05, 4.69) is 0 Å². The fourth-order valence-corrected chi connectivity index (χ4v) is 0.949. The van der Waals surface area contributed by atoms with Crippen LogP contribution in [0.25, 0.3) is 0 Å². The van der Waals surface area contributed by atoms with E-state index >= 15 is 0 Å². The number of benzene rings is 1. The summed E-state index contributed by atoms with van der Waals surface area (Å²) in [5.41, 5.74) is 0.959. The maximum absolute atomic E-state index is 11.1. The molecule has 1 rings (SSSR count). The number of aryl methyl sites for hydroxylation is 1. The van der Waals surface area contributed by atoms with Crippen molar-refractivity contribution in [3.63, 3.8) is 0 Å². The molecule has 68 valence electrons. The monoisotopic (exact) mass is 176 g/mol. The number of rotatable bonds is 2. The lowest BCUT2D eigenvalue weighted by molar-refractivity contribution is -0.129. The highest BCUT2D eigenvalue weighted by Crippen LogP contribution is 2.16. The number of hydrogen-bond donors (Lipinski definition) is 0. The molecule has 0 unspecified atom stereocenters. The predicted octanol–water partition coefficient (Wildman–Crippen LogP) is 2.48. The zero-order valence-electron chi connectivity index (χ0n) is 7.78. The van der Waals surface area contributed by atoms with E-state index in [4.69, 9.17) is 4.74 Å². The lowest BCUT2D eigenvalue weighted by Gasteiger charge is -2.03. The highest BCUT2D eigenvalue weighted by molar-refractivity contribution is 5.84. The van der Waals surface area contributed by atoms with Crippen molar-refractivity contribution < 1.29 is 9.53 Å². The summed E-state index contributed by atoms with van der Waals surface area (Å²) in [7, 11) is 0. The van der Waals surface area contributed by atoms with Crippen LogP contribution in [0.1, 0.15) is 12.5 Å². The van der Waals surface area contributed by atoms with Crippen LogP contribution in [-0.2, 0) is 4.79 Å². The summed E-state index contributed by atoms with van der Waals surface area (Å²) in [4.78, 5) is 11.1. The van der Waals surface area contributed by atoms with Gasteiger partial charge in [-0.15, -0.1) is 0 Å². The van der Waals surface area contributed by atoms with Gasteiger partial charge in [-0.05, 0) is 25.5 Å². The van der Waals surface area contributed by atoms with Gasteiger partial charge in [-0.3, -0.25) is 0 Å². The first kappa shape index (κ1) is 9.52. The van der Waals surface area contributed by atoms with Crippen molar-refractivity contribution >= 4 is 5.97 Å². The molecule has 0 radical (unpaired) electrons. The molecule has 2 heteroatoms. The van der Waals surface area contributed by atoms with E-state index in [1.165, 1.54) is 6.08 Å². The van der Waals surface area contributed by atoms with Crippen LogP contribution in [0.4, 0.5) is 0 Å². The Kier molecular flexibility index (Phi) is 3.26. The first-order valence-corrected chi connectivity index (χ1v) is 4.14. The Hall–Kier alpha value is -1.57. The highest BCUT2D eigenvalue weighted by atomic mass is 16.5. The molecule has 0 bridgehead atoms. The maximum atomic E-state index is 11.1. The molecule has 0 aromatic heterocycles. The molecular weight excluding hydrogens is 164 g/mol. The second-order valence-electron chi connectivity index (χ2n) is 2.69. The van der Waals surface area contributed by atoms with Crippen molar-refractivity contribution in [1.29, 1.82) is 0 Å². The van der Waals surface area contributed by atoms with Gasteiger partial charge in [0, 0.05) is 6.08 Å². The Labute approximate surface area is 77.8 Å². The average Bonchev–Trinajstić information content (AvgIpc) is 2.09. The molecule has 0 atom stereocenters. The smallest absolute Gasteiger partial charge is 0.335 e. The fourth-order valence-electron chi connectivity index (χ4n) is 0.949. The Morgan fingerprint density at radius 1 is 1.38 bits per heavy atom. The largest absolute Gasteiger partial charge is 0.423 e. The minimum Gasteiger partial charge on any atom is -0.423 e. The van der Waals surface area contributed by atoms with Crippen LogP contribution in [-0.4, -0.2) is 5.97 Å². The van der Waals surface area contributed by atoms with Gasteiger partial charge in [0.05, 0.1) is 0 Å². The van der Waals surface area contributed by atoms with E-state index in [1.54, 1.807) is 19.1 Å². The molecule has 0 aliphatic heterocycles. The number of ether oxygens (including phenoxy) is 1. The zero-order valence-corrected chi connectivity index (χ0v) is 7.78. The molecule has 0 fully saturated rings. The van der Waals surface area contributed by atoms with E-state index in [0.717, 1.165) is 5.56 Å². The number of para-hydroxylation sites is 1. The standard InChI is InChI=1S/C11H12O2/c1-3-6-11(12)13-10-8-5-4-7-9(10)2/h3-8H,1-2H3/b6-3-. The van der Waals surface area contributed by atoms with Gasteiger partial charge in [0.1, 0.15) is 5.75 Å². The fraction of sp³-hybridized carbons (Fsp3) is 0.182. The Bertz CT molecular complexity index is 327. The van der Waals surface area contributed by atoms with Crippen LogP contribution >= 0.6 is 0 Å². The molecule has 0 aliphatic rings. The van der Waals surface area contributed by atoms with Gasteiger partial charge in [-0.2, -0.15) is 0 Å². The van der Waals surface area contributed by atoms with Crippen LogP contribution < -0.4 is 4.74 Å². The number of hydrogen-bond acceptors (Lipinski definition) is 2. The predicted molar refractivity (Wildman–Crippen MR) is 51.6 cm³/mol. The summed E-state index contributed by atoms with van der Waals surface area (Å²) >= 11 is 0. The van der Waals surface area contributed by atoms with Gasteiger partial charge >= 0.3 is 5.97 Å². The lowest BCUT2D eigenvalue weighted by Crippen LogP contribution is -2.04. The van der Waals surface area contributed by atoms with Crippen molar-refractivity contribution in [2.45, 2.75) is 13.8 Å². The van der Waals surface area contributed by atoms with Crippen LogP contribution in [0, 0.1) is 6.92 Å². The normalized spacial score (nSPS) is 10.3. The molecule has 0 saturated carbocycles. The Morgan fingerprint density at radius 3 is 2.69 bits per heavy atom. The number of carbonyl (C=O) groups excluding carboxylic acids is 1.